The number of hydrogen-bond donors (Lipinski definition) is 1. The summed E-state index contributed by atoms with van der Waals surface area (Å²) in [5, 5.41) is 3.33. The minimum Gasteiger partial charge on any atom is -0.338 e. The molecule has 0 aliphatic carbocycles. The van der Waals surface area contributed by atoms with Crippen LogP contribution >= 0.6 is 24.8 Å². The number of nitrogens with one attached hydrogen (secondary N) is 1. The molecule has 2 aliphatic rings. The summed E-state index contributed by atoms with van der Waals surface area (Å²) in [6.45, 7) is 9.03. The third kappa shape index (κ3) is 4.85. The molecule has 1 amide bonds. The van der Waals surface area contributed by atoms with Crippen molar-refractivity contribution in [3.63, 3.8) is 0 Å². The molecule has 136 valence electrons. The number of piperazine rings is 1. The zero-order chi connectivity index (χ0) is 15.6. The molecule has 0 bridgehead atoms. The van der Waals surface area contributed by atoms with E-state index in [0.717, 1.165) is 45.6 Å². The first-order valence-corrected chi connectivity index (χ1v) is 8.37. The smallest absolute Gasteiger partial charge is 0.239 e. The molecule has 0 spiro atoms. The van der Waals surface area contributed by atoms with E-state index in [-0.39, 0.29) is 36.4 Å². The summed E-state index contributed by atoms with van der Waals surface area (Å²) in [6.07, 6.45) is 2.11. The largest absolute Gasteiger partial charge is 0.338 e. The summed E-state index contributed by atoms with van der Waals surface area (Å²) in [7, 11) is 0. The van der Waals surface area contributed by atoms with E-state index in [2.05, 4.69) is 59.3 Å². The molecule has 6 heteroatoms. The number of benzene rings is 1. The van der Waals surface area contributed by atoms with Crippen molar-refractivity contribution in [3.05, 3.63) is 35.9 Å². The van der Waals surface area contributed by atoms with E-state index in [1.165, 1.54) is 5.56 Å². The summed E-state index contributed by atoms with van der Waals surface area (Å²) in [4.78, 5) is 17.2. The van der Waals surface area contributed by atoms with Crippen LogP contribution in [0, 0.1) is 0 Å². The lowest BCUT2D eigenvalue weighted by Crippen LogP contribution is -2.61. The minimum absolute atomic E-state index is 0. The van der Waals surface area contributed by atoms with Gasteiger partial charge in [-0.1, -0.05) is 30.3 Å². The zero-order valence-electron chi connectivity index (χ0n) is 14.5. The van der Waals surface area contributed by atoms with Gasteiger partial charge in [-0.2, -0.15) is 0 Å². The number of carbonyl (C=O) groups is 1. The molecule has 24 heavy (non-hydrogen) atoms. The lowest BCUT2D eigenvalue weighted by Gasteiger charge is -2.47. The van der Waals surface area contributed by atoms with Crippen LogP contribution in [0.1, 0.15) is 32.3 Å². The van der Waals surface area contributed by atoms with Crippen molar-refractivity contribution in [2.24, 2.45) is 0 Å². The monoisotopic (exact) mass is 373 g/mol. The Bertz CT molecular complexity index is 518. The molecule has 2 heterocycles. The fourth-order valence-corrected chi connectivity index (χ4v) is 3.59. The van der Waals surface area contributed by atoms with Crippen LogP contribution in [-0.2, 0) is 11.3 Å². The molecule has 0 aromatic heterocycles. The minimum atomic E-state index is 0. The van der Waals surface area contributed by atoms with Crippen molar-refractivity contribution in [3.8, 4) is 0 Å². The van der Waals surface area contributed by atoms with Crippen LogP contribution in [0.4, 0.5) is 0 Å². The van der Waals surface area contributed by atoms with Crippen LogP contribution in [0.2, 0.25) is 0 Å². The van der Waals surface area contributed by atoms with Gasteiger partial charge in [0.15, 0.2) is 0 Å². The van der Waals surface area contributed by atoms with Gasteiger partial charge in [0.05, 0.1) is 6.04 Å². The number of carbonyl (C=O) groups excluding carboxylic acids is 1. The molecule has 1 N–H and O–H groups in total. The van der Waals surface area contributed by atoms with E-state index in [0.29, 0.717) is 5.91 Å². The van der Waals surface area contributed by atoms with Gasteiger partial charge in [-0.3, -0.25) is 9.69 Å². The van der Waals surface area contributed by atoms with Gasteiger partial charge in [0.1, 0.15) is 0 Å². The molecule has 4 nitrogen and oxygen atoms in total. The van der Waals surface area contributed by atoms with Crippen molar-refractivity contribution < 1.29 is 4.79 Å². The van der Waals surface area contributed by atoms with Gasteiger partial charge in [-0.15, -0.1) is 24.8 Å². The number of nitrogens with zero attached hydrogens (tertiary/aromatic N) is 2. The second kappa shape index (κ2) is 9.04. The Morgan fingerprint density at radius 1 is 1.21 bits per heavy atom. The van der Waals surface area contributed by atoms with Gasteiger partial charge >= 0.3 is 0 Å². The lowest BCUT2D eigenvalue weighted by molar-refractivity contribution is -0.138. The average molecular weight is 374 g/mol. The summed E-state index contributed by atoms with van der Waals surface area (Å²) < 4.78 is 0. The molecular formula is C18H29Cl2N3O. The molecule has 1 aromatic rings. The maximum absolute atomic E-state index is 12.6. The standard InChI is InChI=1S/C18H27N3O.2ClH/c1-18(2)14-20(17(22)16-9-6-10-19-16)11-12-21(18)13-15-7-4-3-5-8-15;;/h3-5,7-8,16,19H,6,9-14H2,1-2H3;2*1H. The number of halogens is 2. The second-order valence-corrected chi connectivity index (χ2v) is 7.13. The van der Waals surface area contributed by atoms with Gasteiger partial charge in [0.2, 0.25) is 5.91 Å². The van der Waals surface area contributed by atoms with Crippen molar-refractivity contribution in [2.45, 2.75) is 44.8 Å². The van der Waals surface area contributed by atoms with E-state index in [1.54, 1.807) is 0 Å². The first kappa shape index (κ1) is 21.2. The summed E-state index contributed by atoms with van der Waals surface area (Å²) in [6, 6.07) is 10.6. The van der Waals surface area contributed by atoms with Crippen LogP contribution in [0.15, 0.2) is 30.3 Å². The van der Waals surface area contributed by atoms with Crippen molar-refractivity contribution in [1.29, 1.82) is 0 Å². The molecule has 0 saturated carbocycles. The van der Waals surface area contributed by atoms with Gasteiger partial charge in [-0.25, -0.2) is 0 Å². The fraction of sp³-hybridized carbons (Fsp3) is 0.611. The molecule has 2 saturated heterocycles. The number of amides is 1. The van der Waals surface area contributed by atoms with Crippen LogP contribution in [0.3, 0.4) is 0 Å². The summed E-state index contributed by atoms with van der Waals surface area (Å²) >= 11 is 0. The predicted molar refractivity (Wildman–Crippen MR) is 103 cm³/mol. The first-order valence-electron chi connectivity index (χ1n) is 8.37. The highest BCUT2D eigenvalue weighted by Crippen LogP contribution is 2.24. The van der Waals surface area contributed by atoms with Gasteiger partial charge in [0, 0.05) is 31.7 Å². The average Bonchev–Trinajstić information content (AvgIpc) is 3.03. The molecule has 1 aromatic carbocycles. The second-order valence-electron chi connectivity index (χ2n) is 7.13. The predicted octanol–water partition coefficient (Wildman–Crippen LogP) is 2.71. The van der Waals surface area contributed by atoms with Gasteiger partial charge in [0.25, 0.3) is 0 Å². The molecule has 2 aliphatic heterocycles. The van der Waals surface area contributed by atoms with Crippen LogP contribution < -0.4 is 5.32 Å². The zero-order valence-corrected chi connectivity index (χ0v) is 16.2. The highest BCUT2D eigenvalue weighted by Gasteiger charge is 2.37. The third-order valence-electron chi connectivity index (χ3n) is 4.96. The summed E-state index contributed by atoms with van der Waals surface area (Å²) in [5.41, 5.74) is 1.36. The Balaban J connectivity index is 0.00000144. The molecule has 3 rings (SSSR count). The van der Waals surface area contributed by atoms with Crippen molar-refractivity contribution in [2.75, 3.05) is 26.2 Å². The number of rotatable bonds is 3. The van der Waals surface area contributed by atoms with Crippen molar-refractivity contribution in [1.82, 2.24) is 15.1 Å². The first-order chi connectivity index (χ1) is 10.6. The van der Waals surface area contributed by atoms with E-state index >= 15 is 0 Å². The molecule has 1 unspecified atom stereocenters. The SMILES string of the molecule is CC1(C)CN(C(=O)C2CCCN2)CCN1Cc1ccccc1.Cl.Cl. The molecule has 1 atom stereocenters. The maximum Gasteiger partial charge on any atom is 0.239 e. The normalized spacial score (nSPS) is 23.2. The number of hydrogen-bond acceptors (Lipinski definition) is 3. The van der Waals surface area contributed by atoms with Crippen LogP contribution in [0.25, 0.3) is 0 Å². The topological polar surface area (TPSA) is 35.6 Å². The quantitative estimate of drug-likeness (QED) is 0.884. The Kier molecular flexibility index (Phi) is 8.00. The van der Waals surface area contributed by atoms with E-state index < -0.39 is 0 Å². The highest BCUT2D eigenvalue weighted by molar-refractivity contribution is 5.85. The lowest BCUT2D eigenvalue weighted by atomic mass is 9.97. The molecular weight excluding hydrogens is 345 g/mol. The highest BCUT2D eigenvalue weighted by atomic mass is 35.5. The van der Waals surface area contributed by atoms with Crippen LogP contribution in [0.5, 0.6) is 0 Å². The Labute approximate surface area is 157 Å². The van der Waals surface area contributed by atoms with Crippen LogP contribution in [-0.4, -0.2) is 53.5 Å². The van der Waals surface area contributed by atoms with E-state index in [4.69, 9.17) is 0 Å². The maximum atomic E-state index is 12.6. The Morgan fingerprint density at radius 3 is 2.50 bits per heavy atom. The van der Waals surface area contributed by atoms with E-state index in [1.807, 2.05) is 0 Å². The Morgan fingerprint density at radius 2 is 1.92 bits per heavy atom. The van der Waals surface area contributed by atoms with Crippen molar-refractivity contribution >= 4 is 30.7 Å². The van der Waals surface area contributed by atoms with Gasteiger partial charge < -0.3 is 10.2 Å². The van der Waals surface area contributed by atoms with Gasteiger partial charge in [-0.05, 0) is 38.8 Å². The Hall–Kier alpha value is -0.810. The fourth-order valence-electron chi connectivity index (χ4n) is 3.59. The third-order valence-corrected chi connectivity index (χ3v) is 4.96. The molecule has 2 fully saturated rings. The molecule has 0 radical (unpaired) electrons. The van der Waals surface area contributed by atoms with E-state index in [9.17, 15) is 4.79 Å². The summed E-state index contributed by atoms with van der Waals surface area (Å²) in [5.74, 6) is 0.296.